The molecule has 1 rings (SSSR count). The lowest BCUT2D eigenvalue weighted by Crippen LogP contribution is -2.23. The number of hydrogen-bond acceptors (Lipinski definition) is 3. The fraction of sp³-hybridized carbons (Fsp3) is 0.667. The third kappa shape index (κ3) is 6.49. The van der Waals surface area contributed by atoms with Crippen molar-refractivity contribution < 1.29 is 9.47 Å². The van der Waals surface area contributed by atoms with E-state index in [1.54, 1.807) is 7.11 Å². The molecule has 2 unspecified atom stereocenters. The average molecular weight is 293 g/mol. The highest BCUT2D eigenvalue weighted by Crippen LogP contribution is 2.19. The van der Waals surface area contributed by atoms with Gasteiger partial charge in [-0.3, -0.25) is 0 Å². The summed E-state index contributed by atoms with van der Waals surface area (Å²) in [5.74, 6) is 1.58. The van der Waals surface area contributed by atoms with Crippen LogP contribution in [-0.4, -0.2) is 27.4 Å². The highest BCUT2D eigenvalue weighted by atomic mass is 16.5. The van der Waals surface area contributed by atoms with Crippen LogP contribution in [0.4, 0.5) is 0 Å². The molecular formula is C18H31NO2. The Labute approximate surface area is 130 Å². The molecule has 0 aliphatic carbocycles. The topological polar surface area (TPSA) is 30.5 Å². The number of likely N-dealkylation sites (N-methyl/N-ethyl adjacent to an activating group) is 1. The molecule has 0 saturated carbocycles. The molecule has 0 spiro atoms. The number of methoxy groups -OCH3 is 1. The number of nitrogens with one attached hydrogen (secondary N) is 1. The largest absolute Gasteiger partial charge is 0.497 e. The summed E-state index contributed by atoms with van der Waals surface area (Å²) >= 11 is 0. The van der Waals surface area contributed by atoms with Crippen LogP contribution in [0.2, 0.25) is 0 Å². The molecule has 1 N–H and O–H groups in total. The van der Waals surface area contributed by atoms with Gasteiger partial charge in [-0.05, 0) is 37.1 Å². The maximum absolute atomic E-state index is 5.95. The van der Waals surface area contributed by atoms with E-state index in [1.165, 1.54) is 31.2 Å². The smallest absolute Gasteiger partial charge is 0.118 e. The zero-order valence-electron chi connectivity index (χ0n) is 14.0. The van der Waals surface area contributed by atoms with Crippen LogP contribution in [0.25, 0.3) is 0 Å². The lowest BCUT2D eigenvalue weighted by atomic mass is 10.0. The Morgan fingerprint density at radius 3 is 2.33 bits per heavy atom. The summed E-state index contributed by atoms with van der Waals surface area (Å²) in [6.07, 6.45) is 5.05. The Hall–Kier alpha value is -1.06. The standard InChI is InChI=1S/C18H31NO2/c1-5-7-8-15(6-2)13-21-14-18(19-3)16-9-11-17(20-4)12-10-16/h9-12,15,18-19H,5-8,13-14H2,1-4H3. The summed E-state index contributed by atoms with van der Waals surface area (Å²) in [7, 11) is 3.67. The first-order valence-electron chi connectivity index (χ1n) is 8.14. The van der Waals surface area contributed by atoms with Gasteiger partial charge in [0, 0.05) is 6.61 Å². The highest BCUT2D eigenvalue weighted by molar-refractivity contribution is 5.29. The van der Waals surface area contributed by atoms with Crippen LogP contribution in [0.3, 0.4) is 0 Å². The van der Waals surface area contributed by atoms with Crippen LogP contribution < -0.4 is 10.1 Å². The fourth-order valence-electron chi connectivity index (χ4n) is 2.43. The minimum atomic E-state index is 0.236. The molecule has 0 amide bonds. The van der Waals surface area contributed by atoms with Gasteiger partial charge >= 0.3 is 0 Å². The van der Waals surface area contributed by atoms with Crippen molar-refractivity contribution in [3.05, 3.63) is 29.8 Å². The molecule has 120 valence electrons. The van der Waals surface area contributed by atoms with Crippen molar-refractivity contribution in [3.63, 3.8) is 0 Å². The second kappa shape index (κ2) is 10.6. The van der Waals surface area contributed by atoms with E-state index < -0.39 is 0 Å². The van der Waals surface area contributed by atoms with Crippen molar-refractivity contribution in [2.45, 2.75) is 45.6 Å². The van der Waals surface area contributed by atoms with Crippen molar-refractivity contribution in [1.29, 1.82) is 0 Å². The Bertz CT molecular complexity index is 364. The molecule has 0 fully saturated rings. The number of benzene rings is 1. The van der Waals surface area contributed by atoms with Crippen LogP contribution in [0.15, 0.2) is 24.3 Å². The maximum Gasteiger partial charge on any atom is 0.118 e. The van der Waals surface area contributed by atoms with E-state index in [-0.39, 0.29) is 6.04 Å². The van der Waals surface area contributed by atoms with Gasteiger partial charge in [0.1, 0.15) is 5.75 Å². The number of unbranched alkanes of at least 4 members (excludes halogenated alkanes) is 1. The molecule has 1 aromatic rings. The molecule has 0 heterocycles. The molecule has 0 radical (unpaired) electrons. The molecule has 2 atom stereocenters. The second-order valence-electron chi connectivity index (χ2n) is 5.57. The highest BCUT2D eigenvalue weighted by Gasteiger charge is 2.11. The molecule has 0 aliphatic heterocycles. The van der Waals surface area contributed by atoms with Crippen LogP contribution in [0.5, 0.6) is 5.75 Å². The summed E-state index contributed by atoms with van der Waals surface area (Å²) in [5.41, 5.74) is 1.24. The SMILES string of the molecule is CCCCC(CC)COCC(NC)c1ccc(OC)cc1. The van der Waals surface area contributed by atoms with E-state index in [0.29, 0.717) is 12.5 Å². The van der Waals surface area contributed by atoms with Crippen LogP contribution in [0, 0.1) is 5.92 Å². The van der Waals surface area contributed by atoms with Gasteiger partial charge in [0.2, 0.25) is 0 Å². The van der Waals surface area contributed by atoms with Crippen LogP contribution in [0.1, 0.15) is 51.1 Å². The summed E-state index contributed by atoms with van der Waals surface area (Å²) < 4.78 is 11.1. The minimum Gasteiger partial charge on any atom is -0.497 e. The summed E-state index contributed by atoms with van der Waals surface area (Å²) in [5, 5.41) is 3.32. The first-order valence-corrected chi connectivity index (χ1v) is 8.14. The lowest BCUT2D eigenvalue weighted by molar-refractivity contribution is 0.0781. The van der Waals surface area contributed by atoms with E-state index in [4.69, 9.17) is 9.47 Å². The normalized spacial score (nSPS) is 13.9. The van der Waals surface area contributed by atoms with Crippen molar-refractivity contribution in [2.24, 2.45) is 5.92 Å². The van der Waals surface area contributed by atoms with Crippen LogP contribution in [-0.2, 0) is 4.74 Å². The van der Waals surface area contributed by atoms with Gasteiger partial charge in [-0.2, -0.15) is 0 Å². The monoisotopic (exact) mass is 293 g/mol. The Balaban J connectivity index is 2.42. The number of rotatable bonds is 11. The Morgan fingerprint density at radius 1 is 1.10 bits per heavy atom. The van der Waals surface area contributed by atoms with Crippen molar-refractivity contribution in [3.8, 4) is 5.75 Å². The minimum absolute atomic E-state index is 0.236. The summed E-state index contributed by atoms with van der Waals surface area (Å²) in [6.45, 7) is 6.08. The van der Waals surface area contributed by atoms with Crippen molar-refractivity contribution in [1.82, 2.24) is 5.32 Å². The summed E-state index contributed by atoms with van der Waals surface area (Å²) in [4.78, 5) is 0. The summed E-state index contributed by atoms with van der Waals surface area (Å²) in [6, 6.07) is 8.42. The predicted octanol–water partition coefficient (Wildman–Crippen LogP) is 4.19. The van der Waals surface area contributed by atoms with Gasteiger partial charge < -0.3 is 14.8 Å². The molecule has 3 heteroatoms. The Morgan fingerprint density at radius 2 is 1.81 bits per heavy atom. The second-order valence-corrected chi connectivity index (χ2v) is 5.57. The average Bonchev–Trinajstić information content (AvgIpc) is 2.54. The van der Waals surface area contributed by atoms with E-state index in [0.717, 1.165) is 12.4 Å². The van der Waals surface area contributed by atoms with Crippen molar-refractivity contribution >= 4 is 0 Å². The third-order valence-corrected chi connectivity index (χ3v) is 4.05. The predicted molar refractivity (Wildman–Crippen MR) is 88.9 cm³/mol. The Kier molecular flexibility index (Phi) is 9.11. The molecule has 0 bridgehead atoms. The molecule has 0 saturated heterocycles. The molecular weight excluding hydrogens is 262 g/mol. The fourth-order valence-corrected chi connectivity index (χ4v) is 2.43. The van der Waals surface area contributed by atoms with Gasteiger partial charge in [-0.1, -0.05) is 45.2 Å². The van der Waals surface area contributed by atoms with Gasteiger partial charge in [-0.25, -0.2) is 0 Å². The third-order valence-electron chi connectivity index (χ3n) is 4.05. The molecule has 0 aromatic heterocycles. The zero-order chi connectivity index (χ0) is 15.5. The van der Waals surface area contributed by atoms with Gasteiger partial charge in [-0.15, -0.1) is 0 Å². The van der Waals surface area contributed by atoms with Gasteiger partial charge in [0.15, 0.2) is 0 Å². The number of hydrogen-bond donors (Lipinski definition) is 1. The lowest BCUT2D eigenvalue weighted by Gasteiger charge is -2.20. The first kappa shape index (κ1) is 18.0. The van der Waals surface area contributed by atoms with Crippen LogP contribution >= 0.6 is 0 Å². The first-order chi connectivity index (χ1) is 10.2. The van der Waals surface area contributed by atoms with E-state index >= 15 is 0 Å². The maximum atomic E-state index is 5.95. The van der Waals surface area contributed by atoms with Gasteiger partial charge in [0.25, 0.3) is 0 Å². The number of ether oxygens (including phenoxy) is 2. The molecule has 21 heavy (non-hydrogen) atoms. The van der Waals surface area contributed by atoms with Gasteiger partial charge in [0.05, 0.1) is 19.8 Å². The molecule has 0 aliphatic rings. The van der Waals surface area contributed by atoms with E-state index in [2.05, 4.69) is 31.3 Å². The zero-order valence-corrected chi connectivity index (χ0v) is 14.0. The van der Waals surface area contributed by atoms with E-state index in [9.17, 15) is 0 Å². The van der Waals surface area contributed by atoms with Crippen molar-refractivity contribution in [2.75, 3.05) is 27.4 Å². The molecule has 1 aromatic carbocycles. The molecule has 3 nitrogen and oxygen atoms in total. The quantitative estimate of drug-likeness (QED) is 0.663. The van der Waals surface area contributed by atoms with E-state index in [1.807, 2.05) is 19.2 Å².